The fourth-order valence-electron chi connectivity index (χ4n) is 3.27. The lowest BCUT2D eigenvalue weighted by atomic mass is 9.97. The minimum atomic E-state index is -0.895. The number of benzene rings is 2. The highest BCUT2D eigenvalue weighted by molar-refractivity contribution is 5.96. The van der Waals surface area contributed by atoms with Crippen LogP contribution < -0.4 is 5.32 Å². The first-order valence-corrected chi connectivity index (χ1v) is 9.95. The summed E-state index contributed by atoms with van der Waals surface area (Å²) in [4.78, 5) is 24.9. The Labute approximate surface area is 171 Å². The first-order chi connectivity index (χ1) is 13.9. The number of hydrogen-bond acceptors (Lipinski definition) is 4. The van der Waals surface area contributed by atoms with Crippen molar-refractivity contribution < 1.29 is 18.7 Å². The number of furan rings is 1. The van der Waals surface area contributed by atoms with Gasteiger partial charge in [-0.2, -0.15) is 0 Å². The second-order valence-corrected chi connectivity index (χ2v) is 7.46. The van der Waals surface area contributed by atoms with Gasteiger partial charge in [0, 0.05) is 16.6 Å². The molecule has 0 aliphatic carbocycles. The van der Waals surface area contributed by atoms with Crippen LogP contribution >= 0.6 is 0 Å². The molecule has 0 spiro atoms. The lowest BCUT2D eigenvalue weighted by Gasteiger charge is -2.18. The number of carbonyl (C=O) groups is 2. The Bertz CT molecular complexity index is 1020. The van der Waals surface area contributed by atoms with Crippen molar-refractivity contribution in [2.24, 2.45) is 0 Å². The van der Waals surface area contributed by atoms with E-state index < -0.39 is 12.1 Å². The van der Waals surface area contributed by atoms with Crippen LogP contribution in [0.25, 0.3) is 11.0 Å². The SMILES string of the molecule is CC[C@@H](C)c1ccccc1NC(=O)[C@@H](C)OC(=O)Cc1coc2cc(C)ccc12. The number of ether oxygens (including phenoxy) is 1. The summed E-state index contributed by atoms with van der Waals surface area (Å²) in [6.45, 7) is 7.78. The molecule has 2 aromatic carbocycles. The molecule has 29 heavy (non-hydrogen) atoms. The van der Waals surface area contributed by atoms with E-state index in [1.807, 2.05) is 49.4 Å². The van der Waals surface area contributed by atoms with Crippen LogP contribution in [0.2, 0.25) is 0 Å². The second-order valence-electron chi connectivity index (χ2n) is 7.46. The second kappa shape index (κ2) is 8.95. The maximum Gasteiger partial charge on any atom is 0.311 e. The third-order valence-electron chi connectivity index (χ3n) is 5.19. The number of hydrogen-bond donors (Lipinski definition) is 1. The molecule has 1 amide bonds. The molecule has 5 nitrogen and oxygen atoms in total. The van der Waals surface area contributed by atoms with Crippen molar-refractivity contribution in [1.82, 2.24) is 0 Å². The van der Waals surface area contributed by atoms with Gasteiger partial charge >= 0.3 is 5.97 Å². The van der Waals surface area contributed by atoms with Gasteiger partial charge in [0.05, 0.1) is 12.7 Å². The van der Waals surface area contributed by atoms with Gasteiger partial charge in [-0.25, -0.2) is 0 Å². The van der Waals surface area contributed by atoms with Crippen LogP contribution in [0, 0.1) is 6.92 Å². The first-order valence-electron chi connectivity index (χ1n) is 9.95. The molecule has 3 aromatic rings. The highest BCUT2D eigenvalue weighted by Crippen LogP contribution is 2.27. The maximum absolute atomic E-state index is 12.6. The smallest absolute Gasteiger partial charge is 0.311 e. The average Bonchev–Trinajstić information content (AvgIpc) is 3.09. The lowest BCUT2D eigenvalue weighted by Crippen LogP contribution is -2.30. The molecule has 0 saturated carbocycles. The van der Waals surface area contributed by atoms with Gasteiger partial charge in [0.1, 0.15) is 5.58 Å². The van der Waals surface area contributed by atoms with Crippen molar-refractivity contribution >= 4 is 28.5 Å². The van der Waals surface area contributed by atoms with Crippen molar-refractivity contribution in [2.45, 2.75) is 52.6 Å². The molecule has 0 bridgehead atoms. The predicted octanol–water partition coefficient (Wildman–Crippen LogP) is 5.37. The molecule has 5 heteroatoms. The van der Waals surface area contributed by atoms with Gasteiger partial charge in [-0.1, -0.05) is 44.2 Å². The molecule has 0 aliphatic rings. The van der Waals surface area contributed by atoms with Gasteiger partial charge in [-0.15, -0.1) is 0 Å². The largest absolute Gasteiger partial charge is 0.464 e. The summed E-state index contributed by atoms with van der Waals surface area (Å²) in [5.41, 5.74) is 4.40. The minimum Gasteiger partial charge on any atom is -0.464 e. The van der Waals surface area contributed by atoms with Crippen molar-refractivity contribution in [3.63, 3.8) is 0 Å². The van der Waals surface area contributed by atoms with E-state index in [1.54, 1.807) is 13.2 Å². The number of nitrogens with one attached hydrogen (secondary N) is 1. The van der Waals surface area contributed by atoms with Crippen LogP contribution in [0.3, 0.4) is 0 Å². The van der Waals surface area contributed by atoms with Gasteiger partial charge in [-0.3, -0.25) is 9.59 Å². The van der Waals surface area contributed by atoms with Gasteiger partial charge in [0.2, 0.25) is 0 Å². The molecular formula is C24H27NO4. The number of amides is 1. The van der Waals surface area contributed by atoms with Crippen molar-refractivity contribution in [2.75, 3.05) is 5.32 Å². The number of esters is 1. The van der Waals surface area contributed by atoms with Crippen LogP contribution in [-0.2, 0) is 20.7 Å². The fraction of sp³-hybridized carbons (Fsp3) is 0.333. The molecule has 0 radical (unpaired) electrons. The van der Waals surface area contributed by atoms with Crippen molar-refractivity contribution in [3.8, 4) is 0 Å². The molecule has 152 valence electrons. The molecule has 1 N–H and O–H groups in total. The number of rotatable bonds is 7. The first kappa shape index (κ1) is 20.6. The third-order valence-corrected chi connectivity index (χ3v) is 5.19. The van der Waals surface area contributed by atoms with Gasteiger partial charge in [0.15, 0.2) is 6.10 Å². The summed E-state index contributed by atoms with van der Waals surface area (Å²) in [5, 5.41) is 3.77. The van der Waals surface area contributed by atoms with Crippen LogP contribution in [0.5, 0.6) is 0 Å². The van der Waals surface area contributed by atoms with E-state index in [0.717, 1.165) is 39.8 Å². The van der Waals surface area contributed by atoms with Gasteiger partial charge in [0.25, 0.3) is 5.91 Å². The molecule has 1 aromatic heterocycles. The van der Waals surface area contributed by atoms with E-state index in [4.69, 9.17) is 9.15 Å². The summed E-state index contributed by atoms with van der Waals surface area (Å²) in [6.07, 6.45) is 1.69. The van der Waals surface area contributed by atoms with Crippen LogP contribution in [0.1, 0.15) is 49.8 Å². The minimum absolute atomic E-state index is 0.0527. The predicted molar refractivity (Wildman–Crippen MR) is 114 cm³/mol. The standard InChI is InChI=1S/C24H27NO4/c1-5-16(3)19-8-6-7-9-21(19)25-24(27)17(4)29-23(26)13-18-14-28-22-12-15(2)10-11-20(18)22/h6-12,14,16-17H,5,13H2,1-4H3,(H,25,27)/t16-,17-/m1/s1. The van der Waals surface area contributed by atoms with E-state index in [2.05, 4.69) is 19.2 Å². The van der Waals surface area contributed by atoms with E-state index in [-0.39, 0.29) is 12.3 Å². The van der Waals surface area contributed by atoms with Crippen molar-refractivity contribution in [1.29, 1.82) is 0 Å². The molecular weight excluding hydrogens is 366 g/mol. The average molecular weight is 393 g/mol. The number of carbonyl (C=O) groups excluding carboxylic acids is 2. The monoisotopic (exact) mass is 393 g/mol. The Kier molecular flexibility index (Phi) is 6.37. The van der Waals surface area contributed by atoms with Crippen LogP contribution in [-0.4, -0.2) is 18.0 Å². The van der Waals surface area contributed by atoms with Gasteiger partial charge in [-0.05, 0) is 49.4 Å². The summed E-state index contributed by atoms with van der Waals surface area (Å²) in [5.74, 6) is -0.490. The maximum atomic E-state index is 12.6. The van der Waals surface area contributed by atoms with E-state index >= 15 is 0 Å². The topological polar surface area (TPSA) is 68.5 Å². The number of fused-ring (bicyclic) bond motifs is 1. The Balaban J connectivity index is 1.63. The zero-order valence-electron chi connectivity index (χ0n) is 17.3. The van der Waals surface area contributed by atoms with Crippen LogP contribution in [0.15, 0.2) is 53.1 Å². The Morgan fingerprint density at radius 2 is 1.90 bits per heavy atom. The zero-order chi connectivity index (χ0) is 21.0. The van der Waals surface area contributed by atoms with Gasteiger partial charge < -0.3 is 14.5 Å². The Hall–Kier alpha value is -3.08. The normalized spacial score (nSPS) is 13.1. The molecule has 0 saturated heterocycles. The Morgan fingerprint density at radius 3 is 2.66 bits per heavy atom. The number of para-hydroxylation sites is 1. The Morgan fingerprint density at radius 1 is 1.14 bits per heavy atom. The van der Waals surface area contributed by atoms with Crippen LogP contribution in [0.4, 0.5) is 5.69 Å². The highest BCUT2D eigenvalue weighted by Gasteiger charge is 2.21. The van der Waals surface area contributed by atoms with E-state index in [1.165, 1.54) is 0 Å². The molecule has 2 atom stereocenters. The zero-order valence-corrected chi connectivity index (χ0v) is 17.3. The quantitative estimate of drug-likeness (QED) is 0.548. The summed E-state index contributed by atoms with van der Waals surface area (Å²) in [7, 11) is 0. The molecule has 3 rings (SSSR count). The molecule has 1 heterocycles. The highest BCUT2D eigenvalue weighted by atomic mass is 16.5. The van der Waals surface area contributed by atoms with E-state index in [0.29, 0.717) is 5.92 Å². The third kappa shape index (κ3) is 4.86. The van der Waals surface area contributed by atoms with Crippen molar-refractivity contribution in [3.05, 3.63) is 65.4 Å². The number of anilines is 1. The molecule has 0 unspecified atom stereocenters. The molecule has 0 aliphatic heterocycles. The molecule has 0 fully saturated rings. The van der Waals surface area contributed by atoms with E-state index in [9.17, 15) is 9.59 Å². The summed E-state index contributed by atoms with van der Waals surface area (Å²) >= 11 is 0. The fourth-order valence-corrected chi connectivity index (χ4v) is 3.27. The summed E-state index contributed by atoms with van der Waals surface area (Å²) < 4.78 is 10.9. The number of aryl methyl sites for hydroxylation is 1. The summed E-state index contributed by atoms with van der Waals surface area (Å²) in [6, 6.07) is 13.5. The lowest BCUT2D eigenvalue weighted by molar-refractivity contribution is -0.152.